The van der Waals surface area contributed by atoms with E-state index in [1.165, 1.54) is 32.1 Å². The van der Waals surface area contributed by atoms with E-state index in [0.717, 1.165) is 36.1 Å². The molecule has 0 radical (unpaired) electrons. The predicted molar refractivity (Wildman–Crippen MR) is 76.3 cm³/mol. The SMILES string of the molecule is CC(C)NCC(C)(N)C1C2CC3CC(C2)CC1C3. The van der Waals surface area contributed by atoms with Crippen LogP contribution >= 0.6 is 0 Å². The van der Waals surface area contributed by atoms with Gasteiger partial charge in [0.25, 0.3) is 0 Å². The molecule has 3 N–H and O–H groups in total. The molecule has 1 atom stereocenters. The zero-order valence-electron chi connectivity index (χ0n) is 12.3. The summed E-state index contributed by atoms with van der Waals surface area (Å²) in [7, 11) is 0. The summed E-state index contributed by atoms with van der Waals surface area (Å²) in [5.74, 6) is 4.75. The fraction of sp³-hybridized carbons (Fsp3) is 1.00. The lowest BCUT2D eigenvalue weighted by Gasteiger charge is -2.58. The molecule has 2 nitrogen and oxygen atoms in total. The maximum atomic E-state index is 6.73. The van der Waals surface area contributed by atoms with Gasteiger partial charge in [-0.25, -0.2) is 0 Å². The molecule has 4 aliphatic carbocycles. The van der Waals surface area contributed by atoms with Crippen molar-refractivity contribution in [1.29, 1.82) is 0 Å². The zero-order chi connectivity index (χ0) is 12.9. The molecule has 4 saturated carbocycles. The van der Waals surface area contributed by atoms with Crippen LogP contribution in [0.3, 0.4) is 0 Å². The Morgan fingerprint density at radius 3 is 2.00 bits per heavy atom. The van der Waals surface area contributed by atoms with E-state index in [1.54, 1.807) is 0 Å². The van der Waals surface area contributed by atoms with Gasteiger partial charge in [0.05, 0.1) is 0 Å². The van der Waals surface area contributed by atoms with Crippen molar-refractivity contribution in [3.63, 3.8) is 0 Å². The fourth-order valence-electron chi connectivity index (χ4n) is 5.54. The number of nitrogens with two attached hydrogens (primary N) is 1. The Hall–Kier alpha value is -0.0800. The van der Waals surface area contributed by atoms with Crippen LogP contribution in [0.1, 0.15) is 52.9 Å². The third kappa shape index (κ3) is 2.22. The Morgan fingerprint density at radius 2 is 1.56 bits per heavy atom. The molecule has 0 aromatic carbocycles. The van der Waals surface area contributed by atoms with Crippen molar-refractivity contribution in [3.8, 4) is 0 Å². The highest BCUT2D eigenvalue weighted by molar-refractivity contribution is 5.06. The van der Waals surface area contributed by atoms with E-state index in [-0.39, 0.29) is 5.54 Å². The molecule has 1 unspecified atom stereocenters. The average molecular weight is 250 g/mol. The fourth-order valence-corrected chi connectivity index (χ4v) is 5.54. The highest BCUT2D eigenvalue weighted by Crippen LogP contribution is 2.58. The van der Waals surface area contributed by atoms with Crippen LogP contribution in [0.5, 0.6) is 0 Å². The Morgan fingerprint density at radius 1 is 1.06 bits per heavy atom. The summed E-state index contributed by atoms with van der Waals surface area (Å²) in [6.07, 6.45) is 7.45. The first-order valence-corrected chi connectivity index (χ1v) is 7.98. The van der Waals surface area contributed by atoms with Gasteiger partial charge >= 0.3 is 0 Å². The molecule has 2 heteroatoms. The second-order valence-corrected chi connectivity index (χ2v) is 8.00. The molecule has 104 valence electrons. The number of nitrogens with one attached hydrogen (secondary N) is 1. The van der Waals surface area contributed by atoms with E-state index in [9.17, 15) is 0 Å². The molecule has 0 heterocycles. The lowest BCUT2D eigenvalue weighted by molar-refractivity contribution is -0.0659. The first kappa shape index (κ1) is 12.9. The first-order chi connectivity index (χ1) is 8.45. The smallest absolute Gasteiger partial charge is 0.0286 e. The summed E-state index contributed by atoms with van der Waals surface area (Å²) < 4.78 is 0. The van der Waals surface area contributed by atoms with Crippen LogP contribution < -0.4 is 11.1 Å². The summed E-state index contributed by atoms with van der Waals surface area (Å²) >= 11 is 0. The van der Waals surface area contributed by atoms with E-state index in [4.69, 9.17) is 5.73 Å². The molecule has 0 amide bonds. The monoisotopic (exact) mass is 250 g/mol. The van der Waals surface area contributed by atoms with Gasteiger partial charge in [-0.15, -0.1) is 0 Å². The van der Waals surface area contributed by atoms with Crippen molar-refractivity contribution < 1.29 is 0 Å². The van der Waals surface area contributed by atoms with Crippen LogP contribution in [0.4, 0.5) is 0 Å². The molecule has 0 saturated heterocycles. The molecule has 0 aromatic heterocycles. The number of hydrogen-bond donors (Lipinski definition) is 2. The second kappa shape index (κ2) is 4.49. The van der Waals surface area contributed by atoms with E-state index >= 15 is 0 Å². The van der Waals surface area contributed by atoms with Crippen molar-refractivity contribution in [2.75, 3.05) is 6.54 Å². The molecule has 0 aromatic rings. The van der Waals surface area contributed by atoms with Gasteiger partial charge in [-0.3, -0.25) is 0 Å². The van der Waals surface area contributed by atoms with E-state index in [1.807, 2.05) is 0 Å². The van der Waals surface area contributed by atoms with Crippen LogP contribution in [0.15, 0.2) is 0 Å². The summed E-state index contributed by atoms with van der Waals surface area (Å²) in [5, 5.41) is 3.57. The van der Waals surface area contributed by atoms with Crippen LogP contribution in [-0.4, -0.2) is 18.1 Å². The largest absolute Gasteiger partial charge is 0.324 e. The molecule has 0 spiro atoms. The Kier molecular flexibility index (Phi) is 3.22. The topological polar surface area (TPSA) is 38.0 Å². The van der Waals surface area contributed by atoms with Gasteiger partial charge in [-0.2, -0.15) is 0 Å². The highest BCUT2D eigenvalue weighted by Gasteiger charge is 2.52. The molecule has 18 heavy (non-hydrogen) atoms. The van der Waals surface area contributed by atoms with Gasteiger partial charge in [0, 0.05) is 18.1 Å². The van der Waals surface area contributed by atoms with Gasteiger partial charge in [0.2, 0.25) is 0 Å². The molecule has 0 aliphatic heterocycles. The van der Waals surface area contributed by atoms with Gasteiger partial charge in [-0.05, 0) is 68.6 Å². The first-order valence-electron chi connectivity index (χ1n) is 7.98. The van der Waals surface area contributed by atoms with E-state index in [0.29, 0.717) is 6.04 Å². The Bertz CT molecular complexity index is 280. The molecule has 4 bridgehead atoms. The van der Waals surface area contributed by atoms with Crippen LogP contribution in [-0.2, 0) is 0 Å². The maximum Gasteiger partial charge on any atom is 0.0286 e. The average Bonchev–Trinajstić information content (AvgIpc) is 2.24. The summed E-state index contributed by atoms with van der Waals surface area (Å²) in [5.41, 5.74) is 6.72. The third-order valence-electron chi connectivity index (χ3n) is 5.88. The Labute approximate surface area is 112 Å². The van der Waals surface area contributed by atoms with Gasteiger partial charge < -0.3 is 11.1 Å². The molecule has 4 fully saturated rings. The quantitative estimate of drug-likeness (QED) is 0.805. The minimum absolute atomic E-state index is 0.00706. The molecule has 4 rings (SSSR count). The lowest BCUT2D eigenvalue weighted by atomic mass is 9.48. The van der Waals surface area contributed by atoms with Crippen molar-refractivity contribution in [3.05, 3.63) is 0 Å². The van der Waals surface area contributed by atoms with Crippen molar-refractivity contribution in [1.82, 2.24) is 5.32 Å². The highest BCUT2D eigenvalue weighted by atomic mass is 15.0. The predicted octanol–water partition coefficient (Wildman–Crippen LogP) is 2.77. The van der Waals surface area contributed by atoms with Gasteiger partial charge in [0.15, 0.2) is 0 Å². The van der Waals surface area contributed by atoms with E-state index < -0.39 is 0 Å². The lowest BCUT2D eigenvalue weighted by Crippen LogP contribution is -2.61. The standard InChI is InChI=1S/C16H30N2/c1-10(2)18-9-16(3,17)15-13-5-11-4-12(7-13)8-14(15)6-11/h10-15,18H,4-9,17H2,1-3H3. The van der Waals surface area contributed by atoms with Crippen LogP contribution in [0.2, 0.25) is 0 Å². The minimum atomic E-state index is -0.00706. The molecule has 4 aliphatic rings. The van der Waals surface area contributed by atoms with Gasteiger partial charge in [-0.1, -0.05) is 13.8 Å². The summed E-state index contributed by atoms with van der Waals surface area (Å²) in [6, 6.07) is 0.546. The Balaban J connectivity index is 1.71. The number of hydrogen-bond acceptors (Lipinski definition) is 2. The third-order valence-corrected chi connectivity index (χ3v) is 5.88. The molecular weight excluding hydrogens is 220 g/mol. The van der Waals surface area contributed by atoms with Gasteiger partial charge in [0.1, 0.15) is 0 Å². The van der Waals surface area contributed by atoms with Crippen LogP contribution in [0, 0.1) is 29.6 Å². The van der Waals surface area contributed by atoms with E-state index in [2.05, 4.69) is 26.1 Å². The van der Waals surface area contributed by atoms with Crippen molar-refractivity contribution in [2.45, 2.75) is 64.5 Å². The van der Waals surface area contributed by atoms with Crippen LogP contribution in [0.25, 0.3) is 0 Å². The summed E-state index contributed by atoms with van der Waals surface area (Å²) in [4.78, 5) is 0. The maximum absolute atomic E-state index is 6.73. The van der Waals surface area contributed by atoms with Crippen molar-refractivity contribution in [2.24, 2.45) is 35.3 Å². The normalized spacial score (nSPS) is 45.5. The second-order valence-electron chi connectivity index (χ2n) is 8.00. The number of rotatable bonds is 4. The van der Waals surface area contributed by atoms with Crippen molar-refractivity contribution >= 4 is 0 Å². The summed E-state index contributed by atoms with van der Waals surface area (Å²) in [6.45, 7) is 7.72. The minimum Gasteiger partial charge on any atom is -0.324 e. The molecular formula is C16H30N2. The zero-order valence-corrected chi connectivity index (χ0v) is 12.3.